The molecule has 1 heterocycles. The van der Waals surface area contributed by atoms with E-state index in [1.807, 2.05) is 42.5 Å². The van der Waals surface area contributed by atoms with Gasteiger partial charge in [-0.25, -0.2) is 0 Å². The molecular weight excluding hydrogens is 442 g/mol. The van der Waals surface area contributed by atoms with Gasteiger partial charge in [-0.05, 0) is 54.7 Å². The summed E-state index contributed by atoms with van der Waals surface area (Å²) < 4.78 is 11.1. The van der Waals surface area contributed by atoms with Crippen molar-refractivity contribution in [3.63, 3.8) is 0 Å². The second kappa shape index (κ2) is 11.8. The number of carbonyl (C=O) groups excluding carboxylic acids is 2. The van der Waals surface area contributed by atoms with Crippen LogP contribution in [-0.4, -0.2) is 34.8 Å². The van der Waals surface area contributed by atoms with Crippen LogP contribution in [0.3, 0.4) is 0 Å². The molecule has 0 saturated carbocycles. The SMILES string of the molecule is COC(=O)CCCCCN1C(=O)/C(=C/c2ccc(OCc3ccccc3C)cc2)SC1=S. The molecule has 0 spiro atoms. The Morgan fingerprint density at radius 1 is 1.09 bits per heavy atom. The lowest BCUT2D eigenvalue weighted by molar-refractivity contribution is -0.140. The summed E-state index contributed by atoms with van der Waals surface area (Å²) in [6.07, 6.45) is 4.65. The van der Waals surface area contributed by atoms with Crippen LogP contribution in [0.1, 0.15) is 42.4 Å². The summed E-state index contributed by atoms with van der Waals surface area (Å²) in [6, 6.07) is 15.8. The number of thiocarbonyl (C=S) groups is 1. The normalized spacial score (nSPS) is 14.8. The Hall–Kier alpha value is -2.64. The summed E-state index contributed by atoms with van der Waals surface area (Å²) in [6.45, 7) is 3.15. The number of unbranched alkanes of at least 4 members (excludes halogenated alkanes) is 2. The zero-order valence-corrected chi connectivity index (χ0v) is 20.0. The second-order valence-electron chi connectivity index (χ2n) is 7.50. The number of aryl methyl sites for hydroxylation is 1. The Morgan fingerprint density at radius 3 is 2.56 bits per heavy atom. The van der Waals surface area contributed by atoms with Gasteiger partial charge < -0.3 is 9.47 Å². The molecule has 1 saturated heterocycles. The summed E-state index contributed by atoms with van der Waals surface area (Å²) in [4.78, 5) is 26.2. The van der Waals surface area contributed by atoms with E-state index < -0.39 is 0 Å². The zero-order valence-electron chi connectivity index (χ0n) is 18.3. The number of carbonyl (C=O) groups is 2. The van der Waals surface area contributed by atoms with Gasteiger partial charge in [0.15, 0.2) is 0 Å². The smallest absolute Gasteiger partial charge is 0.305 e. The first-order valence-electron chi connectivity index (χ1n) is 10.6. The largest absolute Gasteiger partial charge is 0.489 e. The van der Waals surface area contributed by atoms with Gasteiger partial charge >= 0.3 is 5.97 Å². The molecule has 32 heavy (non-hydrogen) atoms. The Bertz CT molecular complexity index is 1000. The van der Waals surface area contributed by atoms with E-state index in [2.05, 4.69) is 23.8 Å². The van der Waals surface area contributed by atoms with Crippen LogP contribution in [0.4, 0.5) is 0 Å². The van der Waals surface area contributed by atoms with E-state index in [1.165, 1.54) is 24.4 Å². The van der Waals surface area contributed by atoms with Crippen LogP contribution in [0.5, 0.6) is 5.75 Å². The van der Waals surface area contributed by atoms with E-state index in [0.717, 1.165) is 36.1 Å². The molecule has 0 aliphatic carbocycles. The highest BCUT2D eigenvalue weighted by atomic mass is 32.2. The number of esters is 1. The molecule has 0 bridgehead atoms. The molecule has 0 atom stereocenters. The fourth-order valence-electron chi connectivity index (χ4n) is 3.26. The maximum absolute atomic E-state index is 12.7. The minimum atomic E-state index is -0.204. The van der Waals surface area contributed by atoms with Crippen LogP contribution < -0.4 is 4.74 Å². The molecule has 0 radical (unpaired) electrons. The fraction of sp³-hybridized carbons (Fsp3) is 0.320. The van der Waals surface area contributed by atoms with Gasteiger partial charge in [-0.3, -0.25) is 14.5 Å². The summed E-state index contributed by atoms with van der Waals surface area (Å²) in [5.41, 5.74) is 3.28. The van der Waals surface area contributed by atoms with E-state index in [0.29, 0.717) is 28.8 Å². The number of amides is 1. The molecule has 3 rings (SSSR count). The highest BCUT2D eigenvalue weighted by Crippen LogP contribution is 2.33. The van der Waals surface area contributed by atoms with Crippen molar-refractivity contribution < 1.29 is 19.1 Å². The van der Waals surface area contributed by atoms with Gasteiger partial charge in [0.2, 0.25) is 0 Å². The van der Waals surface area contributed by atoms with Crippen molar-refractivity contribution in [1.82, 2.24) is 4.90 Å². The predicted octanol–water partition coefficient (Wildman–Crippen LogP) is 5.51. The van der Waals surface area contributed by atoms with Crippen molar-refractivity contribution in [3.8, 4) is 5.75 Å². The molecule has 168 valence electrons. The van der Waals surface area contributed by atoms with Crippen LogP contribution in [-0.2, 0) is 20.9 Å². The Morgan fingerprint density at radius 2 is 1.84 bits per heavy atom. The third-order valence-corrected chi connectivity index (χ3v) is 6.58. The van der Waals surface area contributed by atoms with E-state index in [-0.39, 0.29) is 11.9 Å². The number of hydrogen-bond donors (Lipinski definition) is 0. The molecule has 2 aromatic carbocycles. The maximum atomic E-state index is 12.7. The third-order valence-electron chi connectivity index (χ3n) is 5.20. The number of rotatable bonds is 10. The lowest BCUT2D eigenvalue weighted by Gasteiger charge is -2.13. The number of ether oxygens (including phenoxy) is 2. The highest BCUT2D eigenvalue weighted by molar-refractivity contribution is 8.26. The summed E-state index contributed by atoms with van der Waals surface area (Å²) >= 11 is 6.72. The molecule has 1 aliphatic rings. The molecule has 1 fully saturated rings. The third kappa shape index (κ3) is 6.68. The average Bonchev–Trinajstić information content (AvgIpc) is 3.06. The Labute approximate surface area is 198 Å². The van der Waals surface area contributed by atoms with Gasteiger partial charge in [-0.15, -0.1) is 0 Å². The number of methoxy groups -OCH3 is 1. The second-order valence-corrected chi connectivity index (χ2v) is 9.18. The van der Waals surface area contributed by atoms with Crippen LogP contribution >= 0.6 is 24.0 Å². The quantitative estimate of drug-likeness (QED) is 0.198. The lowest BCUT2D eigenvalue weighted by atomic mass is 10.1. The van der Waals surface area contributed by atoms with Crippen LogP contribution in [0.25, 0.3) is 6.08 Å². The molecule has 0 unspecified atom stereocenters. The monoisotopic (exact) mass is 469 g/mol. The van der Waals surface area contributed by atoms with E-state index in [9.17, 15) is 9.59 Å². The maximum Gasteiger partial charge on any atom is 0.305 e. The van der Waals surface area contributed by atoms with Crippen molar-refractivity contribution in [3.05, 3.63) is 70.1 Å². The van der Waals surface area contributed by atoms with Crippen LogP contribution in [0.15, 0.2) is 53.4 Å². The van der Waals surface area contributed by atoms with Crippen molar-refractivity contribution in [2.75, 3.05) is 13.7 Å². The van der Waals surface area contributed by atoms with Gasteiger partial charge in [0, 0.05) is 13.0 Å². The van der Waals surface area contributed by atoms with Crippen molar-refractivity contribution in [1.29, 1.82) is 0 Å². The van der Waals surface area contributed by atoms with Crippen molar-refractivity contribution in [2.24, 2.45) is 0 Å². The predicted molar refractivity (Wildman–Crippen MR) is 132 cm³/mol. The highest BCUT2D eigenvalue weighted by Gasteiger charge is 2.31. The van der Waals surface area contributed by atoms with Crippen LogP contribution in [0.2, 0.25) is 0 Å². The first-order valence-corrected chi connectivity index (χ1v) is 11.8. The minimum Gasteiger partial charge on any atom is -0.489 e. The Balaban J connectivity index is 1.51. The summed E-state index contributed by atoms with van der Waals surface area (Å²) in [5, 5.41) is 0. The van der Waals surface area contributed by atoms with E-state index in [1.54, 1.807) is 4.90 Å². The molecule has 0 N–H and O–H groups in total. The summed E-state index contributed by atoms with van der Waals surface area (Å²) in [5.74, 6) is 0.517. The topological polar surface area (TPSA) is 55.8 Å². The van der Waals surface area contributed by atoms with Gasteiger partial charge in [-0.1, -0.05) is 66.8 Å². The van der Waals surface area contributed by atoms with Gasteiger partial charge in [-0.2, -0.15) is 0 Å². The number of benzene rings is 2. The Kier molecular flexibility index (Phi) is 8.88. The minimum absolute atomic E-state index is 0.0622. The molecule has 1 aliphatic heterocycles. The average molecular weight is 470 g/mol. The fourth-order valence-corrected chi connectivity index (χ4v) is 4.56. The molecular formula is C25H27NO4S2. The first kappa shape index (κ1) is 24.0. The molecule has 2 aromatic rings. The molecule has 1 amide bonds. The molecule has 5 nitrogen and oxygen atoms in total. The van der Waals surface area contributed by atoms with E-state index in [4.69, 9.17) is 17.0 Å². The molecule has 7 heteroatoms. The summed E-state index contributed by atoms with van der Waals surface area (Å²) in [7, 11) is 1.39. The molecule has 0 aromatic heterocycles. The standard InChI is InChI=1S/C25H27NO4S2/c1-18-8-5-6-9-20(18)17-30-21-13-11-19(12-14-21)16-22-24(28)26(25(31)32-22)15-7-3-4-10-23(27)29-2/h5-6,8-9,11-14,16H,3-4,7,10,15,17H2,1-2H3/b22-16-. The van der Waals surface area contributed by atoms with Crippen LogP contribution in [0, 0.1) is 6.92 Å². The number of nitrogens with zero attached hydrogens (tertiary/aromatic N) is 1. The van der Waals surface area contributed by atoms with Gasteiger partial charge in [0.1, 0.15) is 16.7 Å². The van der Waals surface area contributed by atoms with E-state index >= 15 is 0 Å². The zero-order chi connectivity index (χ0) is 22.9. The first-order chi connectivity index (χ1) is 15.5. The van der Waals surface area contributed by atoms with Crippen molar-refractivity contribution in [2.45, 2.75) is 39.2 Å². The van der Waals surface area contributed by atoms with Crippen molar-refractivity contribution >= 4 is 46.3 Å². The lowest BCUT2D eigenvalue weighted by Crippen LogP contribution is -2.29. The van der Waals surface area contributed by atoms with Gasteiger partial charge in [0.25, 0.3) is 5.91 Å². The number of thioether (sulfide) groups is 1. The van der Waals surface area contributed by atoms with Gasteiger partial charge in [0.05, 0.1) is 12.0 Å². The number of hydrogen-bond acceptors (Lipinski definition) is 6.